The van der Waals surface area contributed by atoms with Crippen LogP contribution in [0.25, 0.3) is 0 Å². The summed E-state index contributed by atoms with van der Waals surface area (Å²) >= 11 is 1.67. The topological polar surface area (TPSA) is 58.2 Å². The number of amides is 1. The molecule has 166 valence electrons. The highest BCUT2D eigenvalue weighted by atomic mass is 32.1. The molecule has 6 heteroatoms. The van der Waals surface area contributed by atoms with Gasteiger partial charge in [0.1, 0.15) is 5.82 Å². The zero-order valence-corrected chi connectivity index (χ0v) is 18.9. The van der Waals surface area contributed by atoms with Gasteiger partial charge in [-0.25, -0.2) is 4.39 Å². The molecule has 0 saturated carbocycles. The molecule has 1 aliphatic carbocycles. The van der Waals surface area contributed by atoms with Gasteiger partial charge in [0.15, 0.2) is 5.78 Å². The number of hydrogen-bond acceptors (Lipinski definition) is 4. The van der Waals surface area contributed by atoms with E-state index in [2.05, 4.69) is 16.7 Å². The van der Waals surface area contributed by atoms with Crippen molar-refractivity contribution in [2.24, 2.45) is 0 Å². The molecule has 4 nitrogen and oxygen atoms in total. The van der Waals surface area contributed by atoms with E-state index in [1.54, 1.807) is 11.3 Å². The summed E-state index contributed by atoms with van der Waals surface area (Å²) in [4.78, 5) is 28.1. The van der Waals surface area contributed by atoms with Gasteiger partial charge in [-0.15, -0.1) is 11.3 Å². The number of benzene rings is 2. The van der Waals surface area contributed by atoms with E-state index in [0.29, 0.717) is 23.3 Å². The van der Waals surface area contributed by atoms with E-state index in [0.717, 1.165) is 23.4 Å². The Bertz CT molecular complexity index is 1260. The number of rotatable bonds is 4. The molecule has 0 unspecified atom stereocenters. The summed E-state index contributed by atoms with van der Waals surface area (Å²) in [5, 5.41) is 8.30. The van der Waals surface area contributed by atoms with Crippen LogP contribution < -0.4 is 10.6 Å². The van der Waals surface area contributed by atoms with Gasteiger partial charge >= 0.3 is 0 Å². The molecule has 2 atom stereocenters. The van der Waals surface area contributed by atoms with Crippen LogP contribution in [-0.4, -0.2) is 11.7 Å². The third kappa shape index (κ3) is 4.14. The standard InChI is InChI=1S/C27H23FN2O2S/c1-16-24(27(32)30-20-11-9-19(28)10-12-20)25(17-6-3-2-4-7-17)26-21(29-16)14-18(15-22(26)31)23-8-5-13-33-23/h2-13,18,25,29H,14-15H2,1H3,(H,30,32)/t18-,25+/m0/s1. The number of ketones is 1. The van der Waals surface area contributed by atoms with Crippen LogP contribution in [0.4, 0.5) is 10.1 Å². The van der Waals surface area contributed by atoms with E-state index in [1.807, 2.05) is 48.7 Å². The molecule has 0 spiro atoms. The first-order chi connectivity index (χ1) is 16.0. The number of nitrogens with one attached hydrogen (secondary N) is 2. The largest absolute Gasteiger partial charge is 0.362 e. The van der Waals surface area contributed by atoms with Gasteiger partial charge in [-0.1, -0.05) is 36.4 Å². The number of Topliss-reactive ketones (excluding diaryl/α,β-unsaturated/α-hetero) is 1. The number of anilines is 1. The molecule has 1 aromatic heterocycles. The summed E-state index contributed by atoms with van der Waals surface area (Å²) in [5.74, 6) is -0.925. The fourth-order valence-electron chi connectivity index (χ4n) is 4.78. The van der Waals surface area contributed by atoms with E-state index < -0.39 is 5.92 Å². The number of halogens is 1. The van der Waals surface area contributed by atoms with E-state index in [1.165, 1.54) is 29.1 Å². The normalized spacial score (nSPS) is 20.4. The molecular formula is C27H23FN2O2S. The summed E-state index contributed by atoms with van der Waals surface area (Å²) in [5.41, 5.74) is 4.20. The number of dihydropyridines is 1. The van der Waals surface area contributed by atoms with E-state index in [9.17, 15) is 14.0 Å². The lowest BCUT2D eigenvalue weighted by molar-refractivity contribution is -0.116. The zero-order valence-electron chi connectivity index (χ0n) is 18.1. The zero-order chi connectivity index (χ0) is 22.9. The predicted molar refractivity (Wildman–Crippen MR) is 128 cm³/mol. The predicted octanol–water partition coefficient (Wildman–Crippen LogP) is 5.89. The lowest BCUT2D eigenvalue weighted by Crippen LogP contribution is -2.37. The molecule has 2 aliphatic rings. The summed E-state index contributed by atoms with van der Waals surface area (Å²) in [6.07, 6.45) is 1.16. The fraction of sp³-hybridized carbons (Fsp3) is 0.185. The van der Waals surface area contributed by atoms with Crippen molar-refractivity contribution in [1.82, 2.24) is 5.32 Å². The van der Waals surface area contributed by atoms with Gasteiger partial charge in [-0.05, 0) is 54.6 Å². The lowest BCUT2D eigenvalue weighted by atomic mass is 9.72. The molecule has 0 bridgehead atoms. The Morgan fingerprint density at radius 2 is 1.79 bits per heavy atom. The highest BCUT2D eigenvalue weighted by molar-refractivity contribution is 7.10. The quantitative estimate of drug-likeness (QED) is 0.513. The van der Waals surface area contributed by atoms with E-state index >= 15 is 0 Å². The van der Waals surface area contributed by atoms with Crippen LogP contribution >= 0.6 is 11.3 Å². The monoisotopic (exact) mass is 458 g/mol. The minimum atomic E-state index is -0.459. The lowest BCUT2D eigenvalue weighted by Gasteiger charge is -2.36. The number of hydrogen-bond donors (Lipinski definition) is 2. The Hall–Kier alpha value is -3.51. The summed E-state index contributed by atoms with van der Waals surface area (Å²) in [6.45, 7) is 1.87. The Labute approximate surface area is 195 Å². The second kappa shape index (κ2) is 8.79. The number of carbonyl (C=O) groups excluding carboxylic acids is 2. The SMILES string of the molecule is CC1=C(C(=O)Nc2ccc(F)cc2)[C@@H](c2ccccc2)C2=C(C[C@H](c3cccs3)CC2=O)N1. The van der Waals surface area contributed by atoms with Crippen molar-refractivity contribution < 1.29 is 14.0 Å². The van der Waals surface area contributed by atoms with Gasteiger partial charge in [-0.3, -0.25) is 9.59 Å². The molecular weight excluding hydrogens is 435 g/mol. The maximum absolute atomic E-state index is 13.5. The van der Waals surface area contributed by atoms with Crippen molar-refractivity contribution in [2.45, 2.75) is 31.6 Å². The van der Waals surface area contributed by atoms with Gasteiger partial charge in [0.25, 0.3) is 5.91 Å². The highest BCUT2D eigenvalue weighted by Crippen LogP contribution is 2.46. The molecule has 3 aromatic rings. The first-order valence-corrected chi connectivity index (χ1v) is 11.8. The summed E-state index contributed by atoms with van der Waals surface area (Å²) in [6, 6.07) is 19.4. The average Bonchev–Trinajstić information content (AvgIpc) is 3.35. The minimum Gasteiger partial charge on any atom is -0.362 e. The maximum Gasteiger partial charge on any atom is 0.254 e. The Kier molecular flexibility index (Phi) is 5.68. The van der Waals surface area contributed by atoms with Gasteiger partial charge in [-0.2, -0.15) is 0 Å². The van der Waals surface area contributed by atoms with Crippen LogP contribution in [0.2, 0.25) is 0 Å². The van der Waals surface area contributed by atoms with Crippen molar-refractivity contribution in [3.05, 3.63) is 111 Å². The molecule has 2 heterocycles. The number of carbonyl (C=O) groups is 2. The molecule has 2 aromatic carbocycles. The number of allylic oxidation sites excluding steroid dienone is 3. The van der Waals surface area contributed by atoms with Gasteiger partial charge in [0.05, 0.1) is 0 Å². The van der Waals surface area contributed by atoms with E-state index in [4.69, 9.17) is 0 Å². The van der Waals surface area contributed by atoms with Crippen molar-refractivity contribution >= 4 is 28.7 Å². The van der Waals surface area contributed by atoms with Crippen LogP contribution in [-0.2, 0) is 9.59 Å². The molecule has 33 heavy (non-hydrogen) atoms. The average molecular weight is 459 g/mol. The van der Waals surface area contributed by atoms with Crippen molar-refractivity contribution in [3.8, 4) is 0 Å². The first-order valence-electron chi connectivity index (χ1n) is 10.9. The van der Waals surface area contributed by atoms with Crippen LogP contribution in [0.3, 0.4) is 0 Å². The Balaban J connectivity index is 1.54. The van der Waals surface area contributed by atoms with Crippen LogP contribution in [0.5, 0.6) is 0 Å². The third-order valence-corrected chi connectivity index (χ3v) is 7.29. The molecule has 0 saturated heterocycles. The van der Waals surface area contributed by atoms with E-state index in [-0.39, 0.29) is 23.4 Å². The molecule has 1 amide bonds. The Morgan fingerprint density at radius 3 is 2.48 bits per heavy atom. The first kappa shape index (κ1) is 21.3. The van der Waals surface area contributed by atoms with Crippen LogP contribution in [0.1, 0.15) is 42.0 Å². The Morgan fingerprint density at radius 1 is 1.03 bits per heavy atom. The molecule has 1 aliphatic heterocycles. The summed E-state index contributed by atoms with van der Waals surface area (Å²) in [7, 11) is 0. The maximum atomic E-state index is 13.5. The smallest absolute Gasteiger partial charge is 0.254 e. The van der Waals surface area contributed by atoms with Crippen molar-refractivity contribution in [1.29, 1.82) is 0 Å². The van der Waals surface area contributed by atoms with Gasteiger partial charge in [0.2, 0.25) is 0 Å². The molecule has 2 N–H and O–H groups in total. The minimum absolute atomic E-state index is 0.0654. The fourth-order valence-corrected chi connectivity index (χ4v) is 5.61. The van der Waals surface area contributed by atoms with Crippen LogP contribution in [0, 0.1) is 5.82 Å². The van der Waals surface area contributed by atoms with Gasteiger partial charge < -0.3 is 10.6 Å². The molecule has 0 fully saturated rings. The summed E-state index contributed by atoms with van der Waals surface area (Å²) < 4.78 is 13.3. The van der Waals surface area contributed by atoms with Gasteiger partial charge in [0, 0.05) is 51.4 Å². The third-order valence-electron chi connectivity index (χ3n) is 6.25. The molecule has 0 radical (unpaired) electrons. The van der Waals surface area contributed by atoms with Crippen molar-refractivity contribution in [3.63, 3.8) is 0 Å². The second-order valence-corrected chi connectivity index (χ2v) is 9.38. The number of thiophene rings is 1. The second-order valence-electron chi connectivity index (χ2n) is 8.40. The molecule has 5 rings (SSSR count). The highest BCUT2D eigenvalue weighted by Gasteiger charge is 2.41. The van der Waals surface area contributed by atoms with Crippen LogP contribution in [0.15, 0.2) is 94.7 Å². The van der Waals surface area contributed by atoms with Crippen molar-refractivity contribution in [2.75, 3.05) is 5.32 Å².